The van der Waals surface area contributed by atoms with Gasteiger partial charge in [-0.25, -0.2) is 0 Å². The molecule has 0 radical (unpaired) electrons. The molecule has 1 aliphatic rings. The van der Waals surface area contributed by atoms with Crippen LogP contribution >= 0.6 is 11.3 Å². The van der Waals surface area contributed by atoms with Gasteiger partial charge in [0.15, 0.2) is 0 Å². The predicted molar refractivity (Wildman–Crippen MR) is 105 cm³/mol. The maximum Gasteiger partial charge on any atom is 0.261 e. The fraction of sp³-hybridized carbons (Fsp3) is 0.350. The Morgan fingerprint density at radius 1 is 1.15 bits per heavy atom. The summed E-state index contributed by atoms with van der Waals surface area (Å²) in [6.45, 7) is 2.19. The van der Waals surface area contributed by atoms with Gasteiger partial charge in [-0.2, -0.15) is 0 Å². The molecule has 2 N–H and O–H groups in total. The Hall–Kier alpha value is -2.67. The van der Waals surface area contributed by atoms with Crippen molar-refractivity contribution in [2.75, 3.05) is 7.05 Å². The van der Waals surface area contributed by atoms with Gasteiger partial charge >= 0.3 is 0 Å². The summed E-state index contributed by atoms with van der Waals surface area (Å²) < 4.78 is 0. The van der Waals surface area contributed by atoms with Crippen molar-refractivity contribution < 1.29 is 14.4 Å². The number of rotatable bonds is 7. The molecule has 1 aliphatic carbocycles. The van der Waals surface area contributed by atoms with E-state index in [0.717, 1.165) is 18.4 Å². The number of nitrogens with one attached hydrogen (secondary N) is 2. The van der Waals surface area contributed by atoms with Crippen molar-refractivity contribution in [3.05, 3.63) is 57.8 Å². The van der Waals surface area contributed by atoms with Crippen molar-refractivity contribution in [3.63, 3.8) is 0 Å². The zero-order valence-corrected chi connectivity index (χ0v) is 16.2. The molecule has 2 aromatic rings. The van der Waals surface area contributed by atoms with E-state index in [0.29, 0.717) is 17.0 Å². The topological polar surface area (TPSA) is 78.5 Å². The van der Waals surface area contributed by atoms with E-state index >= 15 is 0 Å². The van der Waals surface area contributed by atoms with Gasteiger partial charge in [-0.15, -0.1) is 11.3 Å². The lowest BCUT2D eigenvalue weighted by Gasteiger charge is -2.26. The second-order valence-electron chi connectivity index (χ2n) is 6.65. The van der Waals surface area contributed by atoms with Gasteiger partial charge in [-0.05, 0) is 48.9 Å². The van der Waals surface area contributed by atoms with Gasteiger partial charge in [0.05, 0.1) is 4.88 Å². The zero-order valence-electron chi connectivity index (χ0n) is 15.4. The Labute approximate surface area is 162 Å². The lowest BCUT2D eigenvalue weighted by Crippen LogP contribution is -2.47. The molecule has 1 fully saturated rings. The maximum absolute atomic E-state index is 12.9. The van der Waals surface area contributed by atoms with Crippen molar-refractivity contribution in [2.24, 2.45) is 0 Å². The summed E-state index contributed by atoms with van der Waals surface area (Å²) >= 11 is 1.35. The van der Waals surface area contributed by atoms with Crippen LogP contribution in [0.1, 0.15) is 45.4 Å². The van der Waals surface area contributed by atoms with Crippen LogP contribution in [0, 0.1) is 0 Å². The quantitative estimate of drug-likeness (QED) is 0.768. The van der Waals surface area contributed by atoms with Crippen LogP contribution in [-0.2, 0) is 11.3 Å². The third-order valence-corrected chi connectivity index (χ3v) is 5.40. The second-order valence-corrected chi connectivity index (χ2v) is 7.59. The minimum absolute atomic E-state index is 0.0854. The molecule has 1 atom stereocenters. The number of hydrogen-bond acceptors (Lipinski definition) is 4. The standard InChI is InChI=1S/C20H23N3O3S/c1-13(22-19(25)17-4-3-11-27-17)20(26)23(16-9-10-16)12-14-5-7-15(8-6-14)18(24)21-2/h3-8,11,13,16H,9-10,12H2,1-2H3,(H,21,24)(H,22,25). The van der Waals surface area contributed by atoms with E-state index in [4.69, 9.17) is 0 Å². The van der Waals surface area contributed by atoms with Crippen LogP contribution < -0.4 is 10.6 Å². The average molecular weight is 385 g/mol. The van der Waals surface area contributed by atoms with Gasteiger partial charge in [-0.1, -0.05) is 18.2 Å². The smallest absolute Gasteiger partial charge is 0.261 e. The van der Waals surface area contributed by atoms with Crippen molar-refractivity contribution in [2.45, 2.75) is 38.4 Å². The van der Waals surface area contributed by atoms with E-state index in [9.17, 15) is 14.4 Å². The first-order valence-electron chi connectivity index (χ1n) is 8.95. The highest BCUT2D eigenvalue weighted by Crippen LogP contribution is 2.29. The Morgan fingerprint density at radius 3 is 2.41 bits per heavy atom. The molecule has 27 heavy (non-hydrogen) atoms. The van der Waals surface area contributed by atoms with Crippen molar-refractivity contribution in [3.8, 4) is 0 Å². The number of thiophene rings is 1. The average Bonchev–Trinajstić information content (AvgIpc) is 3.37. The van der Waals surface area contributed by atoms with E-state index in [1.165, 1.54) is 11.3 Å². The number of benzene rings is 1. The summed E-state index contributed by atoms with van der Waals surface area (Å²) in [6.07, 6.45) is 1.96. The van der Waals surface area contributed by atoms with Crippen molar-refractivity contribution in [1.29, 1.82) is 0 Å². The third-order valence-electron chi connectivity index (χ3n) is 4.53. The summed E-state index contributed by atoms with van der Waals surface area (Å²) in [5.74, 6) is -0.448. The Morgan fingerprint density at radius 2 is 1.85 bits per heavy atom. The molecule has 0 spiro atoms. The van der Waals surface area contributed by atoms with Gasteiger partial charge in [0.2, 0.25) is 5.91 Å². The molecule has 1 saturated carbocycles. The van der Waals surface area contributed by atoms with E-state index in [1.54, 1.807) is 32.2 Å². The van der Waals surface area contributed by atoms with Crippen molar-refractivity contribution >= 4 is 29.1 Å². The minimum Gasteiger partial charge on any atom is -0.355 e. The van der Waals surface area contributed by atoms with Gasteiger partial charge < -0.3 is 15.5 Å². The van der Waals surface area contributed by atoms with Crippen LogP contribution in [0.3, 0.4) is 0 Å². The first kappa shape index (κ1) is 19.1. The molecule has 0 saturated heterocycles. The van der Waals surface area contributed by atoms with Gasteiger partial charge in [0.25, 0.3) is 11.8 Å². The zero-order chi connectivity index (χ0) is 19.4. The van der Waals surface area contributed by atoms with Crippen LogP contribution in [0.2, 0.25) is 0 Å². The molecule has 6 nitrogen and oxygen atoms in total. The Kier molecular flexibility index (Phi) is 5.91. The Balaban J connectivity index is 1.65. The van der Waals surface area contributed by atoms with Crippen LogP contribution in [0.4, 0.5) is 0 Å². The SMILES string of the molecule is CNC(=O)c1ccc(CN(C(=O)C(C)NC(=O)c2cccs2)C2CC2)cc1. The Bertz CT molecular complexity index is 814. The summed E-state index contributed by atoms with van der Waals surface area (Å²) in [7, 11) is 1.59. The van der Waals surface area contributed by atoms with Gasteiger partial charge in [0.1, 0.15) is 6.04 Å². The summed E-state index contributed by atoms with van der Waals surface area (Å²) in [4.78, 5) is 39.2. The molecular weight excluding hydrogens is 362 g/mol. The summed E-state index contributed by atoms with van der Waals surface area (Å²) in [5.41, 5.74) is 1.54. The molecule has 7 heteroatoms. The highest BCUT2D eigenvalue weighted by molar-refractivity contribution is 7.12. The first-order valence-corrected chi connectivity index (χ1v) is 9.83. The largest absolute Gasteiger partial charge is 0.355 e. The highest BCUT2D eigenvalue weighted by atomic mass is 32.1. The normalized spacial score (nSPS) is 14.3. The second kappa shape index (κ2) is 8.35. The lowest BCUT2D eigenvalue weighted by atomic mass is 10.1. The molecule has 1 unspecified atom stereocenters. The molecule has 1 heterocycles. The van der Waals surface area contributed by atoms with E-state index in [2.05, 4.69) is 10.6 Å². The molecule has 0 aliphatic heterocycles. The summed E-state index contributed by atoms with van der Waals surface area (Å²) in [5, 5.41) is 7.21. The van der Waals surface area contributed by atoms with Crippen LogP contribution in [0.5, 0.6) is 0 Å². The van der Waals surface area contributed by atoms with Crippen LogP contribution in [0.25, 0.3) is 0 Å². The van der Waals surface area contributed by atoms with E-state index < -0.39 is 6.04 Å². The monoisotopic (exact) mass is 385 g/mol. The number of carbonyl (C=O) groups excluding carboxylic acids is 3. The molecule has 3 amide bonds. The summed E-state index contributed by atoms with van der Waals surface area (Å²) in [6, 6.07) is 10.4. The van der Waals surface area contributed by atoms with Crippen molar-refractivity contribution in [1.82, 2.24) is 15.5 Å². The number of carbonyl (C=O) groups is 3. The fourth-order valence-corrected chi connectivity index (χ4v) is 3.49. The fourth-order valence-electron chi connectivity index (χ4n) is 2.86. The molecule has 1 aromatic carbocycles. The molecule has 1 aromatic heterocycles. The first-order chi connectivity index (χ1) is 13.0. The minimum atomic E-state index is -0.592. The highest BCUT2D eigenvalue weighted by Gasteiger charge is 2.35. The number of nitrogens with zero attached hydrogens (tertiary/aromatic N) is 1. The van der Waals surface area contributed by atoms with Crippen LogP contribution in [-0.4, -0.2) is 41.8 Å². The molecule has 0 bridgehead atoms. The maximum atomic E-state index is 12.9. The third kappa shape index (κ3) is 4.74. The van der Waals surface area contributed by atoms with E-state index in [1.807, 2.05) is 28.5 Å². The molecular formula is C20H23N3O3S. The molecule has 3 rings (SSSR count). The predicted octanol–water partition coefficient (Wildman–Crippen LogP) is 2.42. The molecule has 142 valence electrons. The lowest BCUT2D eigenvalue weighted by molar-refractivity contribution is -0.134. The number of amides is 3. The van der Waals surface area contributed by atoms with Gasteiger partial charge in [0, 0.05) is 25.2 Å². The van der Waals surface area contributed by atoms with E-state index in [-0.39, 0.29) is 23.8 Å². The van der Waals surface area contributed by atoms with Gasteiger partial charge in [-0.3, -0.25) is 14.4 Å². The van der Waals surface area contributed by atoms with Crippen LogP contribution in [0.15, 0.2) is 41.8 Å². The number of hydrogen-bond donors (Lipinski definition) is 2.